The van der Waals surface area contributed by atoms with Gasteiger partial charge in [0.1, 0.15) is 0 Å². The molecule has 174 valence electrons. The molecule has 0 heterocycles. The fourth-order valence-corrected chi connectivity index (χ4v) is 5.24. The van der Waals surface area contributed by atoms with Crippen LogP contribution in [0.3, 0.4) is 0 Å². The fraction of sp³-hybridized carbons (Fsp3) is 0.654. The van der Waals surface area contributed by atoms with Gasteiger partial charge < -0.3 is 13.9 Å². The highest BCUT2D eigenvalue weighted by atomic mass is 28.4. The number of carbonyl (C=O) groups excluding carboxylic acids is 1. The van der Waals surface area contributed by atoms with E-state index in [1.54, 1.807) is 0 Å². The van der Waals surface area contributed by atoms with Crippen LogP contribution in [0.1, 0.15) is 58.9 Å². The largest absolute Gasteiger partial charge is 0.469 e. The van der Waals surface area contributed by atoms with Crippen LogP contribution in [0.4, 0.5) is 0 Å². The summed E-state index contributed by atoms with van der Waals surface area (Å²) in [6.45, 7) is 15.1. The van der Waals surface area contributed by atoms with E-state index >= 15 is 0 Å². The van der Waals surface area contributed by atoms with Crippen LogP contribution in [-0.2, 0) is 25.3 Å². The summed E-state index contributed by atoms with van der Waals surface area (Å²) in [5.74, 6) is -0.282. The molecule has 0 fully saturated rings. The van der Waals surface area contributed by atoms with Gasteiger partial charge in [0.05, 0.1) is 25.7 Å². The Kier molecular flexibility index (Phi) is 9.11. The summed E-state index contributed by atoms with van der Waals surface area (Å²) in [4.78, 5) is 12.0. The zero-order valence-electron chi connectivity index (χ0n) is 20.6. The van der Waals surface area contributed by atoms with E-state index in [0.29, 0.717) is 6.61 Å². The van der Waals surface area contributed by atoms with Gasteiger partial charge in [-0.1, -0.05) is 70.2 Å². The van der Waals surface area contributed by atoms with Crippen molar-refractivity contribution in [2.45, 2.75) is 84.2 Å². The van der Waals surface area contributed by atoms with Crippen molar-refractivity contribution in [3.8, 4) is 0 Å². The molecule has 0 bridgehead atoms. The van der Waals surface area contributed by atoms with Crippen LogP contribution in [0.2, 0.25) is 18.1 Å². The normalized spacial score (nSPS) is 22.9. The first-order chi connectivity index (χ1) is 14.5. The first-order valence-electron chi connectivity index (χ1n) is 11.6. The molecule has 0 aromatic heterocycles. The maximum absolute atomic E-state index is 12.0. The number of hydrogen-bond acceptors (Lipinski definition) is 4. The molecule has 5 heteroatoms. The maximum Gasteiger partial charge on any atom is 0.312 e. The summed E-state index contributed by atoms with van der Waals surface area (Å²) >= 11 is 0. The Morgan fingerprint density at radius 1 is 1.23 bits per heavy atom. The van der Waals surface area contributed by atoms with Gasteiger partial charge in [0.15, 0.2) is 8.32 Å². The number of hydrogen-bond donors (Lipinski definition) is 0. The van der Waals surface area contributed by atoms with E-state index in [9.17, 15) is 4.79 Å². The third kappa shape index (κ3) is 7.30. The summed E-state index contributed by atoms with van der Waals surface area (Å²) in [7, 11) is -0.471. The maximum atomic E-state index is 12.0. The molecule has 1 aromatic carbocycles. The molecule has 4 nitrogen and oxygen atoms in total. The van der Waals surface area contributed by atoms with Crippen molar-refractivity contribution >= 4 is 14.3 Å². The van der Waals surface area contributed by atoms with Gasteiger partial charge in [-0.2, -0.15) is 0 Å². The van der Waals surface area contributed by atoms with Crippen molar-refractivity contribution in [1.82, 2.24) is 0 Å². The Morgan fingerprint density at radius 3 is 2.45 bits per heavy atom. The zero-order valence-corrected chi connectivity index (χ0v) is 21.6. The van der Waals surface area contributed by atoms with Crippen LogP contribution in [0.15, 0.2) is 42.5 Å². The van der Waals surface area contributed by atoms with Crippen molar-refractivity contribution in [3.63, 3.8) is 0 Å². The number of ether oxygens (including phenoxy) is 2. The van der Waals surface area contributed by atoms with Gasteiger partial charge in [0, 0.05) is 12.0 Å². The Balaban J connectivity index is 2.03. The minimum atomic E-state index is -1.93. The van der Waals surface area contributed by atoms with Crippen LogP contribution in [0, 0.1) is 11.3 Å². The molecule has 1 aliphatic rings. The monoisotopic (exact) mass is 446 g/mol. The number of methoxy groups -OCH3 is 1. The van der Waals surface area contributed by atoms with Crippen molar-refractivity contribution < 1.29 is 18.7 Å². The van der Waals surface area contributed by atoms with Crippen LogP contribution < -0.4 is 0 Å². The van der Waals surface area contributed by atoms with Gasteiger partial charge in [0.2, 0.25) is 0 Å². The third-order valence-electron chi connectivity index (χ3n) is 7.05. The van der Waals surface area contributed by atoms with E-state index in [-0.39, 0.29) is 28.4 Å². The molecule has 1 aliphatic carbocycles. The number of benzene rings is 1. The molecule has 1 aromatic rings. The second-order valence-corrected chi connectivity index (χ2v) is 15.3. The Bertz CT molecular complexity index is 723. The second kappa shape index (κ2) is 10.9. The molecule has 0 saturated carbocycles. The molecule has 0 aliphatic heterocycles. The van der Waals surface area contributed by atoms with Crippen LogP contribution in [0.5, 0.6) is 0 Å². The molecule has 0 saturated heterocycles. The molecule has 31 heavy (non-hydrogen) atoms. The average molecular weight is 447 g/mol. The van der Waals surface area contributed by atoms with Gasteiger partial charge in [-0.3, -0.25) is 4.79 Å². The molecule has 0 amide bonds. The van der Waals surface area contributed by atoms with Crippen LogP contribution in [-0.4, -0.2) is 34.1 Å². The summed E-state index contributed by atoms with van der Waals surface area (Å²) in [5.41, 5.74) is 1.12. The van der Waals surface area contributed by atoms with E-state index < -0.39 is 8.32 Å². The van der Waals surface area contributed by atoms with Gasteiger partial charge in [0.25, 0.3) is 0 Å². The molecule has 0 spiro atoms. The summed E-state index contributed by atoms with van der Waals surface area (Å²) < 4.78 is 17.8. The minimum absolute atomic E-state index is 0.0839. The quantitative estimate of drug-likeness (QED) is 0.178. The Labute approximate surface area is 190 Å². The van der Waals surface area contributed by atoms with E-state index in [1.807, 2.05) is 24.3 Å². The van der Waals surface area contributed by atoms with Crippen molar-refractivity contribution in [2.24, 2.45) is 11.3 Å². The standard InChI is InChI=1S/C26H42O4Si/c1-25(2,3)31(6,7)30-23(14-11-19-29-20-21-12-9-8-10-13-21)26(4)17-15-22(16-18-26)24(27)28-5/h8-10,12-13,15,17,22-23H,11,14,16,18-20H2,1-7H3/t22-,23-,26+/m0/s1. The van der Waals surface area contributed by atoms with Gasteiger partial charge in [-0.15, -0.1) is 0 Å². The smallest absolute Gasteiger partial charge is 0.312 e. The molecular weight excluding hydrogens is 404 g/mol. The SMILES string of the molecule is COC(=O)[C@H]1C=C[C@@](C)([C@H](CCCOCc2ccccc2)O[Si](C)(C)C(C)(C)C)CC1. The molecule has 0 radical (unpaired) electrons. The average Bonchev–Trinajstić information content (AvgIpc) is 2.72. The fourth-order valence-electron chi connectivity index (χ4n) is 3.79. The predicted octanol–water partition coefficient (Wildman–Crippen LogP) is 6.52. The molecule has 2 rings (SSSR count). The first-order valence-corrected chi connectivity index (χ1v) is 14.5. The lowest BCUT2D eigenvalue weighted by Crippen LogP contribution is -2.49. The van der Waals surface area contributed by atoms with E-state index in [0.717, 1.165) is 32.3 Å². The summed E-state index contributed by atoms with van der Waals surface area (Å²) in [5, 5.41) is 0.151. The number of carbonyl (C=O) groups is 1. The Morgan fingerprint density at radius 2 is 1.90 bits per heavy atom. The van der Waals surface area contributed by atoms with Crippen LogP contribution in [0.25, 0.3) is 0 Å². The third-order valence-corrected chi connectivity index (χ3v) is 11.5. The van der Waals surface area contributed by atoms with Crippen molar-refractivity contribution in [3.05, 3.63) is 48.0 Å². The highest BCUT2D eigenvalue weighted by molar-refractivity contribution is 6.74. The lowest BCUT2D eigenvalue weighted by Gasteiger charge is -2.46. The molecular formula is C26H42O4Si. The van der Waals surface area contributed by atoms with Crippen molar-refractivity contribution in [2.75, 3.05) is 13.7 Å². The van der Waals surface area contributed by atoms with E-state index in [1.165, 1.54) is 12.7 Å². The highest BCUT2D eigenvalue weighted by Gasteiger charge is 2.44. The molecule has 3 atom stereocenters. The van der Waals surface area contributed by atoms with Crippen LogP contribution >= 0.6 is 0 Å². The summed E-state index contributed by atoms with van der Waals surface area (Å²) in [6, 6.07) is 10.3. The summed E-state index contributed by atoms with van der Waals surface area (Å²) in [6.07, 6.45) is 7.99. The number of esters is 1. The lowest BCUT2D eigenvalue weighted by atomic mass is 9.72. The zero-order chi connectivity index (χ0) is 23.1. The Hall–Kier alpha value is -1.43. The minimum Gasteiger partial charge on any atom is -0.469 e. The van der Waals surface area contributed by atoms with Gasteiger partial charge in [-0.05, 0) is 49.4 Å². The number of rotatable bonds is 10. The molecule has 0 N–H and O–H groups in total. The van der Waals surface area contributed by atoms with E-state index in [4.69, 9.17) is 13.9 Å². The topological polar surface area (TPSA) is 44.8 Å². The van der Waals surface area contributed by atoms with Gasteiger partial charge in [-0.25, -0.2) is 0 Å². The lowest BCUT2D eigenvalue weighted by molar-refractivity contribution is -0.144. The first kappa shape index (κ1) is 25.8. The predicted molar refractivity (Wildman–Crippen MR) is 129 cm³/mol. The van der Waals surface area contributed by atoms with E-state index in [2.05, 4.69) is 59.0 Å². The molecule has 0 unspecified atom stereocenters. The second-order valence-electron chi connectivity index (χ2n) is 10.6. The van der Waals surface area contributed by atoms with Crippen molar-refractivity contribution in [1.29, 1.82) is 0 Å². The van der Waals surface area contributed by atoms with Gasteiger partial charge >= 0.3 is 5.97 Å². The highest BCUT2D eigenvalue weighted by Crippen LogP contribution is 2.44.